The Bertz CT molecular complexity index is 1410. The highest BCUT2D eigenvalue weighted by atomic mass is 35.5. The molecule has 35 heavy (non-hydrogen) atoms. The smallest absolute Gasteiger partial charge is 0.237 e. The maximum Gasteiger partial charge on any atom is 0.237 e. The van der Waals surface area contributed by atoms with Crippen molar-refractivity contribution in [2.75, 3.05) is 39.0 Å². The van der Waals surface area contributed by atoms with E-state index in [0.29, 0.717) is 49.0 Å². The minimum Gasteiger partial charge on any atom is -0.491 e. The van der Waals surface area contributed by atoms with Gasteiger partial charge >= 0.3 is 0 Å². The first-order chi connectivity index (χ1) is 16.7. The lowest BCUT2D eigenvalue weighted by atomic mass is 10.1. The maximum absolute atomic E-state index is 12.4. The van der Waals surface area contributed by atoms with E-state index in [-0.39, 0.29) is 12.5 Å². The molecule has 3 aromatic rings. The number of rotatable bonds is 8. The second-order valence-corrected chi connectivity index (χ2v) is 11.0. The molecule has 2 aromatic carbocycles. The Morgan fingerprint density at radius 2 is 1.97 bits per heavy atom. The van der Waals surface area contributed by atoms with Crippen LogP contribution in [0.5, 0.6) is 5.75 Å². The van der Waals surface area contributed by atoms with Crippen LogP contribution in [0.2, 0.25) is 5.02 Å². The molecule has 0 radical (unpaired) electrons. The number of benzene rings is 2. The Morgan fingerprint density at radius 1 is 1.17 bits per heavy atom. The number of nitriles is 1. The summed E-state index contributed by atoms with van der Waals surface area (Å²) in [5.41, 5.74) is 3.20. The predicted molar refractivity (Wildman–Crippen MR) is 135 cm³/mol. The summed E-state index contributed by atoms with van der Waals surface area (Å²) in [7, 11) is -3.36. The number of carbonyl (C=O) groups is 1. The minimum absolute atomic E-state index is 0.101. The van der Waals surface area contributed by atoms with Gasteiger partial charge in [0.05, 0.1) is 35.5 Å². The van der Waals surface area contributed by atoms with E-state index in [9.17, 15) is 18.5 Å². The number of hydrogen-bond donors (Lipinski definition) is 0. The van der Waals surface area contributed by atoms with Crippen molar-refractivity contribution in [3.63, 3.8) is 0 Å². The van der Waals surface area contributed by atoms with E-state index in [0.717, 1.165) is 34.8 Å². The Hall–Kier alpha value is -3.06. The summed E-state index contributed by atoms with van der Waals surface area (Å²) in [5, 5.41) is 11.0. The lowest BCUT2D eigenvalue weighted by Crippen LogP contribution is -2.52. The van der Waals surface area contributed by atoms with Gasteiger partial charge in [0.25, 0.3) is 0 Å². The topological polar surface area (TPSA) is 95.6 Å². The highest BCUT2D eigenvalue weighted by molar-refractivity contribution is 7.88. The van der Waals surface area contributed by atoms with Crippen LogP contribution in [0.15, 0.2) is 42.6 Å². The third kappa shape index (κ3) is 5.45. The van der Waals surface area contributed by atoms with Gasteiger partial charge in [-0.3, -0.25) is 4.79 Å². The first-order valence-electron chi connectivity index (χ1n) is 11.4. The molecule has 8 nitrogen and oxygen atoms in total. The quantitative estimate of drug-likeness (QED) is 0.457. The van der Waals surface area contributed by atoms with E-state index in [1.165, 1.54) is 4.31 Å². The molecular weight excluding hydrogens is 488 g/mol. The summed E-state index contributed by atoms with van der Waals surface area (Å²) >= 11 is 6.45. The molecule has 4 rings (SSSR count). The molecule has 1 amide bonds. The summed E-state index contributed by atoms with van der Waals surface area (Å²) in [5.74, 6) is 0.232. The Morgan fingerprint density at radius 3 is 2.66 bits per heavy atom. The normalized spacial score (nSPS) is 14.9. The summed E-state index contributed by atoms with van der Waals surface area (Å²) in [6.45, 7) is 3.62. The fraction of sp³-hybridized carbons (Fsp3) is 0.360. The van der Waals surface area contributed by atoms with Crippen molar-refractivity contribution in [3.8, 4) is 17.5 Å². The van der Waals surface area contributed by atoms with E-state index in [1.807, 2.05) is 35.9 Å². The van der Waals surface area contributed by atoms with Crippen LogP contribution in [-0.4, -0.2) is 67.1 Å². The first kappa shape index (κ1) is 25.0. The van der Waals surface area contributed by atoms with Crippen molar-refractivity contribution in [1.29, 1.82) is 5.26 Å². The van der Waals surface area contributed by atoms with Crippen molar-refractivity contribution in [3.05, 3.63) is 58.7 Å². The molecule has 0 aliphatic carbocycles. The SMILES string of the molecule is CCCOc1c(Cl)cc(-n2ccc3cc(CCN4CCN(S(C)(=O)=O)CC4=O)ccc32)cc1C#N. The molecule has 0 bridgehead atoms. The van der Waals surface area contributed by atoms with Crippen LogP contribution < -0.4 is 4.74 Å². The van der Waals surface area contributed by atoms with Gasteiger partial charge in [-0.05, 0) is 48.7 Å². The third-order valence-corrected chi connectivity index (χ3v) is 7.59. The van der Waals surface area contributed by atoms with Gasteiger partial charge in [0.1, 0.15) is 6.07 Å². The van der Waals surface area contributed by atoms with Crippen LogP contribution in [0.4, 0.5) is 0 Å². The van der Waals surface area contributed by atoms with Gasteiger partial charge < -0.3 is 14.2 Å². The molecule has 1 aliphatic heterocycles. The van der Waals surface area contributed by atoms with Gasteiger partial charge in [-0.25, -0.2) is 8.42 Å². The summed E-state index contributed by atoms with van der Waals surface area (Å²) < 4.78 is 32.2. The van der Waals surface area contributed by atoms with Gasteiger partial charge in [0, 0.05) is 36.9 Å². The molecule has 0 unspecified atom stereocenters. The van der Waals surface area contributed by atoms with Gasteiger partial charge in [0.15, 0.2) is 5.75 Å². The zero-order chi connectivity index (χ0) is 25.2. The Balaban J connectivity index is 1.50. The average Bonchev–Trinajstić information content (AvgIpc) is 3.24. The van der Waals surface area contributed by atoms with E-state index in [2.05, 4.69) is 12.1 Å². The van der Waals surface area contributed by atoms with Gasteiger partial charge in [0.2, 0.25) is 15.9 Å². The molecule has 2 heterocycles. The van der Waals surface area contributed by atoms with Crippen LogP contribution in [0.1, 0.15) is 24.5 Å². The molecule has 0 atom stereocenters. The summed E-state index contributed by atoms with van der Waals surface area (Å²) in [6.07, 6.45) is 4.54. The van der Waals surface area contributed by atoms with Gasteiger partial charge in [-0.15, -0.1) is 0 Å². The Labute approximate surface area is 210 Å². The highest BCUT2D eigenvalue weighted by Gasteiger charge is 2.28. The lowest BCUT2D eigenvalue weighted by Gasteiger charge is -2.32. The molecule has 0 spiro atoms. The van der Waals surface area contributed by atoms with Crippen molar-refractivity contribution in [2.24, 2.45) is 0 Å². The monoisotopic (exact) mass is 514 g/mol. The number of aromatic nitrogens is 1. The fourth-order valence-electron chi connectivity index (χ4n) is 4.20. The molecular formula is C25H27ClN4O4S. The number of halogens is 1. The summed E-state index contributed by atoms with van der Waals surface area (Å²) in [6, 6.07) is 13.8. The second kappa shape index (κ2) is 10.3. The molecule has 1 aliphatic rings. The number of hydrogen-bond acceptors (Lipinski definition) is 5. The Kier molecular flexibility index (Phi) is 7.36. The van der Waals surface area contributed by atoms with E-state index in [1.54, 1.807) is 17.0 Å². The van der Waals surface area contributed by atoms with Crippen LogP contribution in [0, 0.1) is 11.3 Å². The molecule has 184 valence electrons. The minimum atomic E-state index is -3.36. The van der Waals surface area contributed by atoms with E-state index < -0.39 is 10.0 Å². The molecule has 0 N–H and O–H groups in total. The molecule has 0 saturated carbocycles. The zero-order valence-corrected chi connectivity index (χ0v) is 21.3. The number of amides is 1. The third-order valence-electron chi connectivity index (χ3n) is 6.06. The van der Waals surface area contributed by atoms with Crippen LogP contribution in [0.25, 0.3) is 16.6 Å². The highest BCUT2D eigenvalue weighted by Crippen LogP contribution is 2.33. The standard InChI is InChI=1S/C25H27ClN4O4S/c1-3-12-34-25-20(16-27)14-21(15-22(25)26)30-9-7-19-13-18(4-5-23(19)30)6-8-28-10-11-29(17-24(28)31)35(2,32)33/h4-5,7,9,13-15H,3,6,8,10-12,17H2,1-2H3. The lowest BCUT2D eigenvalue weighted by molar-refractivity contribution is -0.134. The average molecular weight is 515 g/mol. The van der Waals surface area contributed by atoms with Gasteiger partial charge in [-0.1, -0.05) is 24.6 Å². The molecule has 10 heteroatoms. The number of piperazine rings is 1. The summed E-state index contributed by atoms with van der Waals surface area (Å²) in [4.78, 5) is 14.1. The van der Waals surface area contributed by atoms with Crippen LogP contribution in [-0.2, 0) is 21.2 Å². The van der Waals surface area contributed by atoms with Crippen molar-refractivity contribution >= 4 is 38.4 Å². The van der Waals surface area contributed by atoms with Gasteiger partial charge in [-0.2, -0.15) is 9.57 Å². The maximum atomic E-state index is 12.4. The fourth-order valence-corrected chi connectivity index (χ4v) is 5.22. The van der Waals surface area contributed by atoms with E-state index >= 15 is 0 Å². The molecule has 1 fully saturated rings. The van der Waals surface area contributed by atoms with Crippen LogP contribution >= 0.6 is 11.6 Å². The van der Waals surface area contributed by atoms with Crippen molar-refractivity contribution in [2.45, 2.75) is 19.8 Å². The van der Waals surface area contributed by atoms with E-state index in [4.69, 9.17) is 16.3 Å². The number of sulfonamides is 1. The predicted octanol–water partition coefficient (Wildman–Crippen LogP) is 3.59. The number of ether oxygens (including phenoxy) is 1. The zero-order valence-electron chi connectivity index (χ0n) is 19.7. The van der Waals surface area contributed by atoms with Crippen molar-refractivity contribution in [1.82, 2.24) is 13.8 Å². The van der Waals surface area contributed by atoms with Crippen molar-refractivity contribution < 1.29 is 17.9 Å². The molecule has 1 saturated heterocycles. The molecule has 1 aromatic heterocycles. The number of carbonyl (C=O) groups excluding carboxylic acids is 1. The number of fused-ring (bicyclic) bond motifs is 1. The van der Waals surface area contributed by atoms with Crippen LogP contribution in [0.3, 0.4) is 0 Å². The largest absolute Gasteiger partial charge is 0.491 e. The second-order valence-electron chi connectivity index (χ2n) is 8.57. The number of nitrogens with zero attached hydrogens (tertiary/aromatic N) is 4. The first-order valence-corrected chi connectivity index (χ1v) is 13.6.